The summed E-state index contributed by atoms with van der Waals surface area (Å²) in [6, 6.07) is 7.97. The lowest BCUT2D eigenvalue weighted by Gasteiger charge is -2.30. The summed E-state index contributed by atoms with van der Waals surface area (Å²) >= 11 is 0. The Morgan fingerprint density at radius 1 is 1.18 bits per heavy atom. The van der Waals surface area contributed by atoms with Crippen molar-refractivity contribution in [2.45, 2.75) is 39.5 Å². The highest BCUT2D eigenvalue weighted by atomic mass is 16.2. The number of aromatic nitrogens is 3. The minimum absolute atomic E-state index is 0.103. The molecule has 0 bridgehead atoms. The van der Waals surface area contributed by atoms with Crippen LogP contribution in [0.4, 0.5) is 0 Å². The molecule has 146 valence electrons. The number of piperidine rings is 1. The van der Waals surface area contributed by atoms with Crippen molar-refractivity contribution in [2.75, 3.05) is 13.1 Å². The monoisotopic (exact) mass is 379 g/mol. The molecule has 28 heavy (non-hydrogen) atoms. The molecule has 1 aromatic carbocycles. The van der Waals surface area contributed by atoms with Crippen molar-refractivity contribution >= 4 is 28.4 Å². The molecule has 0 atom stereocenters. The average molecular weight is 379 g/mol. The molecule has 1 saturated heterocycles. The molecular weight excluding hydrogens is 354 g/mol. The zero-order valence-electron chi connectivity index (χ0n) is 16.3. The number of benzene rings is 1. The van der Waals surface area contributed by atoms with Gasteiger partial charge in [0, 0.05) is 42.2 Å². The number of hydrogen-bond acceptors (Lipinski definition) is 4. The fourth-order valence-electron chi connectivity index (χ4n) is 4.14. The number of nitrogens with zero attached hydrogens (tertiary/aromatic N) is 4. The predicted molar refractivity (Wildman–Crippen MR) is 107 cm³/mol. The van der Waals surface area contributed by atoms with Crippen molar-refractivity contribution in [3.05, 3.63) is 41.2 Å². The van der Waals surface area contributed by atoms with Crippen LogP contribution in [-0.2, 0) is 16.0 Å². The van der Waals surface area contributed by atoms with Crippen LogP contribution in [0, 0.1) is 19.8 Å². The molecule has 7 nitrogen and oxygen atoms in total. The zero-order chi connectivity index (χ0) is 19.8. The Morgan fingerprint density at radius 2 is 1.89 bits per heavy atom. The second kappa shape index (κ2) is 7.22. The maximum atomic E-state index is 12.6. The van der Waals surface area contributed by atoms with Crippen LogP contribution < -0.4 is 5.73 Å². The number of nitrogens with two attached hydrogens (primary N) is 1. The van der Waals surface area contributed by atoms with Crippen molar-refractivity contribution < 1.29 is 9.59 Å². The van der Waals surface area contributed by atoms with E-state index in [0.717, 1.165) is 33.5 Å². The largest absolute Gasteiger partial charge is 0.369 e. The minimum Gasteiger partial charge on any atom is -0.369 e. The summed E-state index contributed by atoms with van der Waals surface area (Å²) in [7, 11) is 0. The molecule has 1 aliphatic heterocycles. The maximum absolute atomic E-state index is 12.6. The minimum atomic E-state index is -0.260. The summed E-state index contributed by atoms with van der Waals surface area (Å²) in [5.41, 5.74) is 10.2. The van der Waals surface area contributed by atoms with Gasteiger partial charge in [0.1, 0.15) is 0 Å². The van der Waals surface area contributed by atoms with Gasteiger partial charge >= 0.3 is 0 Å². The van der Waals surface area contributed by atoms with Gasteiger partial charge < -0.3 is 10.6 Å². The van der Waals surface area contributed by atoms with Gasteiger partial charge in [-0.2, -0.15) is 5.10 Å². The number of fused-ring (bicyclic) bond motifs is 3. The molecule has 1 aliphatic rings. The van der Waals surface area contributed by atoms with Crippen LogP contribution in [0.15, 0.2) is 24.3 Å². The summed E-state index contributed by atoms with van der Waals surface area (Å²) in [6.45, 7) is 5.23. The van der Waals surface area contributed by atoms with Crippen molar-refractivity contribution in [1.82, 2.24) is 19.5 Å². The lowest BCUT2D eigenvalue weighted by Crippen LogP contribution is -2.41. The Labute approximate surface area is 163 Å². The van der Waals surface area contributed by atoms with Gasteiger partial charge in [-0.3, -0.25) is 9.59 Å². The normalized spacial score (nSPS) is 15.4. The topological polar surface area (TPSA) is 93.6 Å². The Bertz CT molecular complexity index is 1060. The molecule has 0 radical (unpaired) electrons. The van der Waals surface area contributed by atoms with Gasteiger partial charge in [0.05, 0.1) is 5.52 Å². The quantitative estimate of drug-likeness (QED) is 0.752. The number of likely N-dealkylation sites (tertiary alicyclic amines) is 1. The van der Waals surface area contributed by atoms with Crippen LogP contribution in [0.5, 0.6) is 0 Å². The first-order valence-corrected chi connectivity index (χ1v) is 9.76. The number of amides is 2. The van der Waals surface area contributed by atoms with Crippen molar-refractivity contribution in [3.8, 4) is 0 Å². The summed E-state index contributed by atoms with van der Waals surface area (Å²) < 4.78 is 1.88. The number of rotatable bonds is 4. The van der Waals surface area contributed by atoms with Crippen molar-refractivity contribution in [3.63, 3.8) is 0 Å². The first-order valence-electron chi connectivity index (χ1n) is 9.76. The number of hydrogen-bond donors (Lipinski definition) is 1. The molecule has 2 N–H and O–H groups in total. The summed E-state index contributed by atoms with van der Waals surface area (Å²) in [5.74, 6) is -0.245. The molecule has 4 rings (SSSR count). The van der Waals surface area contributed by atoms with E-state index in [4.69, 9.17) is 10.7 Å². The van der Waals surface area contributed by atoms with E-state index in [1.165, 1.54) is 0 Å². The van der Waals surface area contributed by atoms with Gasteiger partial charge in [0.25, 0.3) is 0 Å². The average Bonchev–Trinajstić information content (AvgIpc) is 3.06. The van der Waals surface area contributed by atoms with Crippen LogP contribution in [0.2, 0.25) is 0 Å². The van der Waals surface area contributed by atoms with Crippen LogP contribution in [0.1, 0.15) is 36.2 Å². The molecule has 1 fully saturated rings. The van der Waals surface area contributed by atoms with Gasteiger partial charge in [0.2, 0.25) is 11.8 Å². The Balaban J connectivity index is 1.51. The highest BCUT2D eigenvalue weighted by Crippen LogP contribution is 2.23. The van der Waals surface area contributed by atoms with Crippen LogP contribution in [0.3, 0.4) is 0 Å². The van der Waals surface area contributed by atoms with Gasteiger partial charge in [-0.05, 0) is 50.8 Å². The van der Waals surface area contributed by atoms with E-state index >= 15 is 0 Å². The lowest BCUT2D eigenvalue weighted by atomic mass is 9.96. The summed E-state index contributed by atoms with van der Waals surface area (Å²) in [4.78, 5) is 30.5. The highest BCUT2D eigenvalue weighted by molar-refractivity contribution is 5.92. The second-order valence-electron chi connectivity index (χ2n) is 7.57. The van der Waals surface area contributed by atoms with E-state index in [1.807, 2.05) is 47.5 Å². The summed E-state index contributed by atoms with van der Waals surface area (Å²) in [5, 5.41) is 5.71. The molecule has 0 spiro atoms. The molecule has 2 amide bonds. The molecule has 2 aromatic heterocycles. The highest BCUT2D eigenvalue weighted by Gasteiger charge is 2.26. The number of carbonyl (C=O) groups excluding carboxylic acids is 2. The maximum Gasteiger partial charge on any atom is 0.222 e. The third kappa shape index (κ3) is 3.21. The molecule has 0 aliphatic carbocycles. The number of primary amides is 1. The Morgan fingerprint density at radius 3 is 2.61 bits per heavy atom. The fourth-order valence-corrected chi connectivity index (χ4v) is 4.14. The third-order valence-electron chi connectivity index (χ3n) is 5.86. The fraction of sp³-hybridized carbons (Fsp3) is 0.429. The second-order valence-corrected chi connectivity index (χ2v) is 7.57. The molecule has 0 saturated carbocycles. The van der Waals surface area contributed by atoms with Gasteiger partial charge in [-0.15, -0.1) is 0 Å². The SMILES string of the molecule is Cc1nc2c3ccccc3nn2c(C)c1CCC(=O)N1CCC(C(N)=O)CC1. The van der Waals surface area contributed by atoms with Gasteiger partial charge in [0.15, 0.2) is 5.65 Å². The van der Waals surface area contributed by atoms with E-state index in [-0.39, 0.29) is 17.7 Å². The van der Waals surface area contributed by atoms with E-state index in [0.29, 0.717) is 38.8 Å². The standard InChI is InChI=1S/C21H25N5O2/c1-13-16(7-8-19(27)25-11-9-15(10-12-25)20(22)28)14(2)26-21(23-13)17-5-3-4-6-18(17)24-26/h3-6,15H,7-12H2,1-2H3,(H2,22,28). The number of aryl methyl sites for hydroxylation is 2. The van der Waals surface area contributed by atoms with Crippen LogP contribution >= 0.6 is 0 Å². The van der Waals surface area contributed by atoms with E-state index in [9.17, 15) is 9.59 Å². The Hall–Kier alpha value is -2.96. The molecule has 7 heteroatoms. The molecule has 0 unspecified atom stereocenters. The van der Waals surface area contributed by atoms with Crippen LogP contribution in [-0.4, -0.2) is 44.4 Å². The molecule has 3 heterocycles. The van der Waals surface area contributed by atoms with Gasteiger partial charge in [-0.1, -0.05) is 12.1 Å². The van der Waals surface area contributed by atoms with E-state index in [2.05, 4.69) is 5.10 Å². The first-order chi connectivity index (χ1) is 13.5. The predicted octanol–water partition coefficient (Wildman–Crippen LogP) is 2.16. The summed E-state index contributed by atoms with van der Waals surface area (Å²) in [6.07, 6.45) is 2.38. The van der Waals surface area contributed by atoms with E-state index < -0.39 is 0 Å². The zero-order valence-corrected chi connectivity index (χ0v) is 16.3. The molecular formula is C21H25N5O2. The lowest BCUT2D eigenvalue weighted by molar-refractivity contribution is -0.134. The van der Waals surface area contributed by atoms with Gasteiger partial charge in [-0.25, -0.2) is 9.50 Å². The smallest absolute Gasteiger partial charge is 0.222 e. The third-order valence-corrected chi connectivity index (χ3v) is 5.86. The Kier molecular flexibility index (Phi) is 4.75. The number of carbonyl (C=O) groups is 2. The molecule has 3 aromatic rings. The van der Waals surface area contributed by atoms with Crippen molar-refractivity contribution in [1.29, 1.82) is 0 Å². The van der Waals surface area contributed by atoms with Crippen LogP contribution in [0.25, 0.3) is 16.6 Å². The van der Waals surface area contributed by atoms with E-state index in [1.54, 1.807) is 0 Å². The van der Waals surface area contributed by atoms with Crippen molar-refractivity contribution in [2.24, 2.45) is 11.7 Å². The first kappa shape index (κ1) is 18.4.